The fraction of sp³-hybridized carbons (Fsp3) is 0.600. The molecule has 0 spiro atoms. The van der Waals surface area contributed by atoms with Gasteiger partial charge in [-0.25, -0.2) is 9.78 Å². The summed E-state index contributed by atoms with van der Waals surface area (Å²) in [6.07, 6.45) is 3.46. The fourth-order valence-electron chi connectivity index (χ4n) is 1.54. The van der Waals surface area contributed by atoms with E-state index in [-0.39, 0.29) is 12.1 Å². The van der Waals surface area contributed by atoms with Crippen LogP contribution in [0.5, 0.6) is 0 Å². The number of thiazole rings is 1. The average Bonchev–Trinajstić information content (AvgIpc) is 2.90. The van der Waals surface area contributed by atoms with Crippen LogP contribution in [-0.4, -0.2) is 36.8 Å². The van der Waals surface area contributed by atoms with Crippen molar-refractivity contribution in [3.8, 4) is 0 Å². The van der Waals surface area contributed by atoms with Crippen molar-refractivity contribution in [3.05, 3.63) is 16.6 Å². The lowest BCUT2D eigenvalue weighted by molar-refractivity contribution is 0.188. The smallest absolute Gasteiger partial charge is 0.315 e. The Balaban J connectivity index is 1.60. The summed E-state index contributed by atoms with van der Waals surface area (Å²) in [4.78, 5) is 15.6. The van der Waals surface area contributed by atoms with Gasteiger partial charge in [-0.15, -0.1) is 11.3 Å². The quantitative estimate of drug-likeness (QED) is 0.818. The molecule has 1 unspecified atom stereocenters. The van der Waals surface area contributed by atoms with Crippen LogP contribution >= 0.6 is 11.3 Å². The highest BCUT2D eigenvalue weighted by Gasteiger charge is 2.17. The molecule has 6 heteroatoms. The molecule has 16 heavy (non-hydrogen) atoms. The molecule has 1 aromatic rings. The van der Waals surface area contributed by atoms with E-state index < -0.39 is 0 Å². The van der Waals surface area contributed by atoms with Gasteiger partial charge in [0.1, 0.15) is 0 Å². The number of urea groups is 1. The maximum atomic E-state index is 11.4. The summed E-state index contributed by atoms with van der Waals surface area (Å²) in [6.45, 7) is 1.98. The number of amides is 2. The number of aromatic nitrogens is 1. The third kappa shape index (κ3) is 3.46. The number of nitrogens with zero attached hydrogens (tertiary/aromatic N) is 1. The van der Waals surface area contributed by atoms with Crippen LogP contribution < -0.4 is 10.6 Å². The molecule has 1 aromatic heterocycles. The molecule has 1 aliphatic heterocycles. The molecule has 1 saturated heterocycles. The van der Waals surface area contributed by atoms with Crippen LogP contribution in [0.2, 0.25) is 0 Å². The Hall–Kier alpha value is -1.14. The lowest BCUT2D eigenvalue weighted by Gasteiger charge is -2.11. The number of ether oxygens (including phenoxy) is 1. The van der Waals surface area contributed by atoms with Crippen molar-refractivity contribution < 1.29 is 9.53 Å². The second-order valence-corrected chi connectivity index (χ2v) is 4.62. The van der Waals surface area contributed by atoms with Crippen LogP contribution in [0.25, 0.3) is 0 Å². The number of nitrogens with one attached hydrogen (secondary N) is 2. The molecule has 0 bridgehead atoms. The third-order valence-electron chi connectivity index (χ3n) is 2.37. The maximum absolute atomic E-state index is 11.4. The molecule has 0 aliphatic carbocycles. The second kappa shape index (κ2) is 5.81. The monoisotopic (exact) mass is 241 g/mol. The fourth-order valence-corrected chi connectivity index (χ4v) is 2.16. The van der Waals surface area contributed by atoms with Crippen molar-refractivity contribution in [1.82, 2.24) is 15.6 Å². The van der Waals surface area contributed by atoms with E-state index in [2.05, 4.69) is 15.6 Å². The van der Waals surface area contributed by atoms with Crippen molar-refractivity contribution in [2.45, 2.75) is 18.9 Å². The summed E-state index contributed by atoms with van der Waals surface area (Å²) in [5.41, 5.74) is 0. The van der Waals surface area contributed by atoms with Crippen LogP contribution in [0.1, 0.15) is 11.4 Å². The Kier molecular flexibility index (Phi) is 4.12. The van der Waals surface area contributed by atoms with Crippen molar-refractivity contribution >= 4 is 17.4 Å². The van der Waals surface area contributed by atoms with E-state index in [1.165, 1.54) is 0 Å². The Morgan fingerprint density at radius 3 is 3.31 bits per heavy atom. The molecule has 0 radical (unpaired) electrons. The molecule has 1 fully saturated rings. The summed E-state index contributed by atoms with van der Waals surface area (Å²) >= 11 is 1.60. The molecule has 88 valence electrons. The van der Waals surface area contributed by atoms with Crippen molar-refractivity contribution in [2.24, 2.45) is 0 Å². The SMILES string of the molecule is O=C(NCCc1nccs1)NC1CCOC1. The largest absolute Gasteiger partial charge is 0.379 e. The van der Waals surface area contributed by atoms with Crippen LogP contribution in [0, 0.1) is 0 Å². The molecule has 2 N–H and O–H groups in total. The van der Waals surface area contributed by atoms with E-state index in [9.17, 15) is 4.79 Å². The Bertz CT molecular complexity index is 323. The minimum Gasteiger partial charge on any atom is -0.379 e. The lowest BCUT2D eigenvalue weighted by Crippen LogP contribution is -2.42. The molecular formula is C10H15N3O2S. The van der Waals surface area contributed by atoms with Gasteiger partial charge in [0.2, 0.25) is 0 Å². The van der Waals surface area contributed by atoms with Crippen molar-refractivity contribution in [1.29, 1.82) is 0 Å². The first-order valence-electron chi connectivity index (χ1n) is 5.35. The van der Waals surface area contributed by atoms with E-state index in [0.29, 0.717) is 13.2 Å². The van der Waals surface area contributed by atoms with Gasteiger partial charge < -0.3 is 15.4 Å². The predicted molar refractivity (Wildman–Crippen MR) is 61.6 cm³/mol. The molecule has 2 amide bonds. The lowest BCUT2D eigenvalue weighted by atomic mass is 10.3. The number of hydrogen-bond acceptors (Lipinski definition) is 4. The predicted octanol–water partition coefficient (Wildman–Crippen LogP) is 0.774. The average molecular weight is 241 g/mol. The van der Waals surface area contributed by atoms with Crippen LogP contribution in [0.4, 0.5) is 4.79 Å². The molecule has 0 aromatic carbocycles. The molecule has 2 heterocycles. The van der Waals surface area contributed by atoms with Gasteiger partial charge in [-0.1, -0.05) is 0 Å². The van der Waals surface area contributed by atoms with Gasteiger partial charge in [0.15, 0.2) is 0 Å². The highest BCUT2D eigenvalue weighted by Crippen LogP contribution is 2.04. The molecule has 1 aliphatic rings. The summed E-state index contributed by atoms with van der Waals surface area (Å²) in [7, 11) is 0. The number of rotatable bonds is 4. The van der Waals surface area contributed by atoms with Gasteiger partial charge in [-0.05, 0) is 6.42 Å². The van der Waals surface area contributed by atoms with E-state index in [4.69, 9.17) is 4.74 Å². The summed E-state index contributed by atoms with van der Waals surface area (Å²) in [5.74, 6) is 0. The summed E-state index contributed by atoms with van der Waals surface area (Å²) in [6, 6.07) is 0.0481. The van der Waals surface area contributed by atoms with Crippen LogP contribution in [0.3, 0.4) is 0 Å². The standard InChI is InChI=1S/C10H15N3O2S/c14-10(13-8-2-5-15-7-8)12-3-1-9-11-4-6-16-9/h4,6,8H,1-3,5,7H2,(H2,12,13,14). The van der Waals surface area contributed by atoms with Gasteiger partial charge in [-0.2, -0.15) is 0 Å². The van der Waals surface area contributed by atoms with Crippen LogP contribution in [0.15, 0.2) is 11.6 Å². The number of carbonyl (C=O) groups is 1. The number of carbonyl (C=O) groups excluding carboxylic acids is 1. The highest BCUT2D eigenvalue weighted by atomic mass is 32.1. The minimum absolute atomic E-state index is 0.118. The van der Waals surface area contributed by atoms with E-state index >= 15 is 0 Å². The summed E-state index contributed by atoms with van der Waals surface area (Å²) in [5, 5.41) is 8.66. The molecule has 2 rings (SSSR count). The zero-order chi connectivity index (χ0) is 11.2. The van der Waals surface area contributed by atoms with E-state index in [1.54, 1.807) is 17.5 Å². The Morgan fingerprint density at radius 1 is 1.69 bits per heavy atom. The first kappa shape index (κ1) is 11.3. The Morgan fingerprint density at radius 2 is 2.62 bits per heavy atom. The topological polar surface area (TPSA) is 63.2 Å². The van der Waals surface area contributed by atoms with Gasteiger partial charge in [0.05, 0.1) is 17.7 Å². The van der Waals surface area contributed by atoms with E-state index in [0.717, 1.165) is 24.5 Å². The molecule has 1 atom stereocenters. The third-order valence-corrected chi connectivity index (χ3v) is 3.21. The van der Waals surface area contributed by atoms with Crippen LogP contribution in [-0.2, 0) is 11.2 Å². The normalized spacial score (nSPS) is 19.6. The maximum Gasteiger partial charge on any atom is 0.315 e. The zero-order valence-corrected chi connectivity index (χ0v) is 9.76. The minimum atomic E-state index is -0.118. The van der Waals surface area contributed by atoms with Gasteiger partial charge in [-0.3, -0.25) is 0 Å². The Labute approximate surface area is 98.2 Å². The van der Waals surface area contributed by atoms with Crippen molar-refractivity contribution in [3.63, 3.8) is 0 Å². The highest BCUT2D eigenvalue weighted by molar-refractivity contribution is 7.09. The van der Waals surface area contributed by atoms with Gasteiger partial charge in [0.25, 0.3) is 0 Å². The molecular weight excluding hydrogens is 226 g/mol. The first-order chi connectivity index (χ1) is 7.84. The summed E-state index contributed by atoms with van der Waals surface area (Å²) < 4.78 is 5.17. The van der Waals surface area contributed by atoms with Gasteiger partial charge in [0, 0.05) is 31.1 Å². The number of hydrogen-bond donors (Lipinski definition) is 2. The first-order valence-corrected chi connectivity index (χ1v) is 6.23. The van der Waals surface area contributed by atoms with Crippen molar-refractivity contribution in [2.75, 3.05) is 19.8 Å². The molecule has 0 saturated carbocycles. The van der Waals surface area contributed by atoms with E-state index in [1.807, 2.05) is 5.38 Å². The molecule has 5 nitrogen and oxygen atoms in total. The van der Waals surface area contributed by atoms with Gasteiger partial charge >= 0.3 is 6.03 Å². The zero-order valence-electron chi connectivity index (χ0n) is 8.94. The second-order valence-electron chi connectivity index (χ2n) is 3.64.